The lowest BCUT2D eigenvalue weighted by atomic mass is 9.98. The Labute approximate surface area is 153 Å². The minimum Gasteiger partial charge on any atom is -0.454 e. The smallest absolute Gasteiger partial charge is 0.454 e. The fourth-order valence-electron chi connectivity index (χ4n) is 4.04. The summed E-state index contributed by atoms with van der Waals surface area (Å²) in [5.74, 6) is -0.901. The number of rotatable bonds is 2. The average Bonchev–Trinajstić information content (AvgIpc) is 3.38. The quantitative estimate of drug-likeness (QED) is 0.785. The highest BCUT2D eigenvalue weighted by Crippen LogP contribution is 2.37. The van der Waals surface area contributed by atoms with Crippen LogP contribution in [0, 0.1) is 0 Å². The van der Waals surface area contributed by atoms with Crippen molar-refractivity contribution in [2.24, 2.45) is 0 Å². The molecule has 4 rings (SSSR count). The topological polar surface area (TPSA) is 59.1 Å². The summed E-state index contributed by atoms with van der Waals surface area (Å²) in [6, 6.07) is 4.61. The van der Waals surface area contributed by atoms with Crippen molar-refractivity contribution < 1.29 is 32.2 Å². The molecule has 3 aliphatic heterocycles. The fraction of sp³-hybridized carbons (Fsp3) is 0.556. The highest BCUT2D eigenvalue weighted by molar-refractivity contribution is 5.90. The number of nitrogens with zero attached hydrogens (tertiary/aromatic N) is 2. The van der Waals surface area contributed by atoms with Gasteiger partial charge in [0, 0.05) is 25.6 Å². The number of halogens is 3. The normalized spacial score (nSPS) is 24.6. The van der Waals surface area contributed by atoms with Gasteiger partial charge in [0.15, 0.2) is 11.5 Å². The molecule has 146 valence electrons. The van der Waals surface area contributed by atoms with Gasteiger partial charge in [-0.1, -0.05) is 6.07 Å². The van der Waals surface area contributed by atoms with E-state index in [0.717, 1.165) is 5.56 Å². The van der Waals surface area contributed by atoms with Gasteiger partial charge < -0.3 is 19.3 Å². The Hall–Kier alpha value is -2.45. The zero-order chi connectivity index (χ0) is 19.2. The van der Waals surface area contributed by atoms with Crippen LogP contribution >= 0.6 is 0 Å². The number of carbonyl (C=O) groups excluding carboxylic acids is 2. The molecule has 0 bridgehead atoms. The van der Waals surface area contributed by atoms with Crippen LogP contribution in [0.2, 0.25) is 0 Å². The van der Waals surface area contributed by atoms with Crippen molar-refractivity contribution in [3.63, 3.8) is 0 Å². The zero-order valence-electron chi connectivity index (χ0n) is 14.5. The zero-order valence-corrected chi connectivity index (χ0v) is 14.5. The second kappa shape index (κ2) is 6.61. The van der Waals surface area contributed by atoms with E-state index >= 15 is 0 Å². The van der Waals surface area contributed by atoms with E-state index in [1.54, 1.807) is 4.90 Å². The number of fused-ring (bicyclic) bond motifs is 1. The number of amides is 2. The van der Waals surface area contributed by atoms with Crippen LogP contribution in [0.5, 0.6) is 11.5 Å². The van der Waals surface area contributed by atoms with Gasteiger partial charge >= 0.3 is 12.1 Å². The molecule has 2 fully saturated rings. The van der Waals surface area contributed by atoms with Crippen molar-refractivity contribution in [3.05, 3.63) is 23.8 Å². The van der Waals surface area contributed by atoms with E-state index in [1.807, 2.05) is 18.2 Å². The summed E-state index contributed by atoms with van der Waals surface area (Å²) in [6.07, 6.45) is -3.57. The molecule has 0 N–H and O–H groups in total. The number of carbonyl (C=O) groups is 2. The maximum absolute atomic E-state index is 12.8. The molecular weight excluding hydrogens is 365 g/mol. The van der Waals surface area contributed by atoms with Gasteiger partial charge in [-0.05, 0) is 37.0 Å². The molecule has 0 aliphatic carbocycles. The molecule has 0 saturated carbocycles. The van der Waals surface area contributed by atoms with Crippen molar-refractivity contribution in [3.8, 4) is 11.5 Å². The molecule has 1 aromatic rings. The Balaban J connectivity index is 1.44. The SMILES string of the molecule is O=C(C1CCCN1C(=O)C(F)(F)F)N1CCC(c2ccc3c(c2)OCO3)C1. The van der Waals surface area contributed by atoms with Gasteiger partial charge in [0.25, 0.3) is 0 Å². The minimum absolute atomic E-state index is 0.0336. The Morgan fingerprint density at radius 2 is 1.85 bits per heavy atom. The van der Waals surface area contributed by atoms with Gasteiger partial charge in [-0.15, -0.1) is 0 Å². The Kier molecular flexibility index (Phi) is 4.39. The predicted octanol–water partition coefficient (Wildman–Crippen LogP) is 2.28. The number of benzene rings is 1. The van der Waals surface area contributed by atoms with Crippen LogP contribution in [0.15, 0.2) is 18.2 Å². The van der Waals surface area contributed by atoms with E-state index in [2.05, 4.69) is 0 Å². The minimum atomic E-state index is -4.96. The maximum atomic E-state index is 12.8. The summed E-state index contributed by atoms with van der Waals surface area (Å²) in [4.78, 5) is 26.6. The van der Waals surface area contributed by atoms with Crippen LogP contribution < -0.4 is 9.47 Å². The molecule has 2 amide bonds. The predicted molar refractivity (Wildman–Crippen MR) is 87.3 cm³/mol. The first-order chi connectivity index (χ1) is 12.8. The molecule has 1 aromatic carbocycles. The molecule has 2 unspecified atom stereocenters. The lowest BCUT2D eigenvalue weighted by Gasteiger charge is -2.28. The monoisotopic (exact) mass is 384 g/mol. The van der Waals surface area contributed by atoms with Gasteiger partial charge in [-0.25, -0.2) is 0 Å². The van der Waals surface area contributed by atoms with Crippen LogP contribution in [0.1, 0.15) is 30.7 Å². The van der Waals surface area contributed by atoms with Gasteiger partial charge in [0.05, 0.1) is 0 Å². The first-order valence-electron chi connectivity index (χ1n) is 8.91. The molecule has 0 spiro atoms. The third-order valence-electron chi connectivity index (χ3n) is 5.41. The first kappa shape index (κ1) is 17.9. The Morgan fingerprint density at radius 3 is 2.63 bits per heavy atom. The van der Waals surface area contributed by atoms with Crippen molar-refractivity contribution in [1.29, 1.82) is 0 Å². The third-order valence-corrected chi connectivity index (χ3v) is 5.41. The number of likely N-dealkylation sites (tertiary alicyclic amines) is 2. The van der Waals surface area contributed by atoms with Gasteiger partial charge in [-0.2, -0.15) is 13.2 Å². The highest BCUT2D eigenvalue weighted by Gasteiger charge is 2.48. The molecule has 0 aromatic heterocycles. The summed E-state index contributed by atoms with van der Waals surface area (Å²) in [7, 11) is 0. The largest absolute Gasteiger partial charge is 0.471 e. The van der Waals surface area contributed by atoms with Crippen LogP contribution in [0.4, 0.5) is 13.2 Å². The van der Waals surface area contributed by atoms with Crippen LogP contribution in [0.3, 0.4) is 0 Å². The lowest BCUT2D eigenvalue weighted by Crippen LogP contribution is -2.50. The average molecular weight is 384 g/mol. The van der Waals surface area contributed by atoms with Gasteiger partial charge in [0.1, 0.15) is 6.04 Å². The second-order valence-corrected chi connectivity index (χ2v) is 7.04. The van der Waals surface area contributed by atoms with E-state index in [9.17, 15) is 22.8 Å². The van der Waals surface area contributed by atoms with Crippen LogP contribution in [-0.2, 0) is 9.59 Å². The van der Waals surface area contributed by atoms with Crippen LogP contribution in [0.25, 0.3) is 0 Å². The highest BCUT2D eigenvalue weighted by atomic mass is 19.4. The van der Waals surface area contributed by atoms with Crippen molar-refractivity contribution in [2.45, 2.75) is 37.4 Å². The van der Waals surface area contributed by atoms with Gasteiger partial charge in [0.2, 0.25) is 12.7 Å². The summed E-state index contributed by atoms with van der Waals surface area (Å²) in [6.45, 7) is 1.03. The summed E-state index contributed by atoms with van der Waals surface area (Å²) in [5.41, 5.74) is 1.00. The number of hydrogen-bond acceptors (Lipinski definition) is 4. The van der Waals surface area contributed by atoms with Gasteiger partial charge in [-0.3, -0.25) is 9.59 Å². The molecule has 2 saturated heterocycles. The van der Waals surface area contributed by atoms with E-state index in [-0.39, 0.29) is 25.7 Å². The lowest BCUT2D eigenvalue weighted by molar-refractivity contribution is -0.187. The maximum Gasteiger partial charge on any atom is 0.471 e. The summed E-state index contributed by atoms with van der Waals surface area (Å²) in [5, 5.41) is 0. The van der Waals surface area contributed by atoms with E-state index in [4.69, 9.17) is 9.47 Å². The standard InChI is InChI=1S/C18H19F3N2O4/c19-18(20,21)17(25)23-6-1-2-13(23)16(24)22-7-5-12(9-22)11-3-4-14-15(8-11)27-10-26-14/h3-4,8,12-13H,1-2,5-7,9-10H2. The molecule has 27 heavy (non-hydrogen) atoms. The van der Waals surface area contributed by atoms with E-state index in [1.165, 1.54) is 0 Å². The molecular formula is C18H19F3N2O4. The van der Waals surface area contributed by atoms with E-state index < -0.39 is 24.0 Å². The molecule has 2 atom stereocenters. The first-order valence-corrected chi connectivity index (χ1v) is 8.91. The Morgan fingerprint density at radius 1 is 1.07 bits per heavy atom. The number of alkyl halides is 3. The van der Waals surface area contributed by atoms with Crippen molar-refractivity contribution >= 4 is 11.8 Å². The Bertz CT molecular complexity index is 767. The second-order valence-electron chi connectivity index (χ2n) is 7.04. The molecule has 3 heterocycles. The van der Waals surface area contributed by atoms with Crippen molar-refractivity contribution in [2.75, 3.05) is 26.4 Å². The number of hydrogen-bond donors (Lipinski definition) is 0. The molecule has 3 aliphatic rings. The third kappa shape index (κ3) is 3.30. The molecule has 0 radical (unpaired) electrons. The number of ether oxygens (including phenoxy) is 2. The van der Waals surface area contributed by atoms with Crippen LogP contribution in [-0.4, -0.2) is 60.3 Å². The molecule has 6 nitrogen and oxygen atoms in total. The fourth-order valence-corrected chi connectivity index (χ4v) is 4.04. The summed E-state index contributed by atoms with van der Waals surface area (Å²) < 4.78 is 49.0. The van der Waals surface area contributed by atoms with Crippen molar-refractivity contribution in [1.82, 2.24) is 9.80 Å². The van der Waals surface area contributed by atoms with E-state index in [0.29, 0.717) is 42.3 Å². The molecule has 9 heteroatoms. The summed E-state index contributed by atoms with van der Waals surface area (Å²) >= 11 is 0.